The highest BCUT2D eigenvalue weighted by molar-refractivity contribution is 5.76. The maximum Gasteiger partial charge on any atom is 0.0460 e. The molecule has 0 aliphatic heterocycles. The van der Waals surface area contributed by atoms with E-state index in [2.05, 4.69) is 98.5 Å². The summed E-state index contributed by atoms with van der Waals surface area (Å²) < 4.78 is 0. The molecule has 2 N–H and O–H groups in total. The van der Waals surface area contributed by atoms with Crippen molar-refractivity contribution in [3.05, 3.63) is 84.1 Å². The first kappa shape index (κ1) is 18.4. The van der Waals surface area contributed by atoms with E-state index in [9.17, 15) is 0 Å². The third-order valence-corrected chi connectivity index (χ3v) is 5.64. The van der Waals surface area contributed by atoms with Crippen molar-refractivity contribution < 1.29 is 0 Å². The fraction of sp³-hybridized carbons (Fsp3) is 0.231. The summed E-state index contributed by atoms with van der Waals surface area (Å²) in [5, 5.41) is 3.37. The molecule has 0 saturated carbocycles. The smallest absolute Gasteiger partial charge is 0.0460 e. The van der Waals surface area contributed by atoms with Crippen molar-refractivity contribution in [1.82, 2.24) is 4.98 Å². The van der Waals surface area contributed by atoms with Crippen molar-refractivity contribution in [2.45, 2.75) is 26.7 Å². The van der Waals surface area contributed by atoms with Crippen molar-refractivity contribution in [3.8, 4) is 22.4 Å². The van der Waals surface area contributed by atoms with Crippen LogP contribution in [0.1, 0.15) is 36.5 Å². The molecule has 1 aromatic heterocycles. The van der Waals surface area contributed by atoms with Gasteiger partial charge in [-0.25, -0.2) is 0 Å². The van der Waals surface area contributed by atoms with Gasteiger partial charge in [-0.15, -0.1) is 6.58 Å². The second-order valence-corrected chi connectivity index (χ2v) is 7.97. The highest BCUT2D eigenvalue weighted by atomic mass is 14.9. The van der Waals surface area contributed by atoms with E-state index in [1.54, 1.807) is 0 Å². The van der Waals surface area contributed by atoms with Crippen LogP contribution in [0.15, 0.2) is 67.4 Å². The van der Waals surface area contributed by atoms with Gasteiger partial charge >= 0.3 is 0 Å². The predicted molar refractivity (Wildman–Crippen MR) is 122 cm³/mol. The number of hydrogen-bond donors (Lipinski definition) is 2. The van der Waals surface area contributed by atoms with Crippen molar-refractivity contribution in [1.29, 1.82) is 0 Å². The average Bonchev–Trinajstić information content (AvgIpc) is 3.33. The lowest BCUT2D eigenvalue weighted by atomic mass is 9.89. The van der Waals surface area contributed by atoms with Gasteiger partial charge in [0.25, 0.3) is 0 Å². The summed E-state index contributed by atoms with van der Waals surface area (Å²) in [5.74, 6) is 1.18. The Kier molecular flexibility index (Phi) is 4.95. The molecule has 2 heteroatoms. The Balaban J connectivity index is 1.59. The number of allylic oxidation sites excluding steroid dienone is 1. The van der Waals surface area contributed by atoms with E-state index in [0.717, 1.165) is 17.9 Å². The fourth-order valence-corrected chi connectivity index (χ4v) is 4.03. The molecule has 1 unspecified atom stereocenters. The van der Waals surface area contributed by atoms with Gasteiger partial charge in [-0.1, -0.05) is 50.3 Å². The van der Waals surface area contributed by atoms with Crippen LogP contribution in [0.25, 0.3) is 28.5 Å². The zero-order valence-corrected chi connectivity index (χ0v) is 16.9. The zero-order valence-electron chi connectivity index (χ0n) is 16.9. The molecule has 1 heterocycles. The van der Waals surface area contributed by atoms with Crippen LogP contribution in [-0.4, -0.2) is 11.5 Å². The lowest BCUT2D eigenvalue weighted by Gasteiger charge is -2.15. The highest BCUT2D eigenvalue weighted by Crippen LogP contribution is 2.38. The van der Waals surface area contributed by atoms with Crippen molar-refractivity contribution in [3.63, 3.8) is 0 Å². The van der Waals surface area contributed by atoms with E-state index >= 15 is 0 Å². The summed E-state index contributed by atoms with van der Waals surface area (Å²) in [6, 6.07) is 15.6. The van der Waals surface area contributed by atoms with E-state index < -0.39 is 0 Å². The number of benzene rings is 2. The molecular weight excluding hydrogens is 340 g/mol. The van der Waals surface area contributed by atoms with Gasteiger partial charge in [0.2, 0.25) is 0 Å². The van der Waals surface area contributed by atoms with E-state index in [1.165, 1.54) is 33.4 Å². The molecule has 0 fully saturated rings. The largest absolute Gasteiger partial charge is 0.381 e. The van der Waals surface area contributed by atoms with Gasteiger partial charge in [0.1, 0.15) is 0 Å². The van der Waals surface area contributed by atoms with Crippen LogP contribution in [0.4, 0.5) is 5.69 Å². The highest BCUT2D eigenvalue weighted by Gasteiger charge is 2.20. The average molecular weight is 369 g/mol. The van der Waals surface area contributed by atoms with Crippen LogP contribution >= 0.6 is 0 Å². The van der Waals surface area contributed by atoms with E-state index in [0.29, 0.717) is 11.8 Å². The first-order valence-corrected chi connectivity index (χ1v) is 10.0. The van der Waals surface area contributed by atoms with Crippen molar-refractivity contribution in [2.75, 3.05) is 11.9 Å². The van der Waals surface area contributed by atoms with Gasteiger partial charge in [-0.2, -0.15) is 0 Å². The lowest BCUT2D eigenvalue weighted by Crippen LogP contribution is -2.01. The third-order valence-electron chi connectivity index (χ3n) is 5.64. The maximum absolute atomic E-state index is 3.76. The minimum Gasteiger partial charge on any atom is -0.381 e. The number of aromatic nitrogens is 1. The maximum atomic E-state index is 3.76. The SMILES string of the molecule is C=CCNc1ccc(-c2cc(-c3ccc4c(c3)C=CC4C(C)C)c[nH]2)cc1C. The molecule has 142 valence electrons. The molecule has 0 radical (unpaired) electrons. The van der Waals surface area contributed by atoms with Crippen molar-refractivity contribution in [2.24, 2.45) is 5.92 Å². The summed E-state index contributed by atoms with van der Waals surface area (Å²) in [5.41, 5.74) is 10.0. The number of nitrogens with one attached hydrogen (secondary N) is 2. The van der Waals surface area contributed by atoms with Crippen LogP contribution in [0.3, 0.4) is 0 Å². The predicted octanol–water partition coefficient (Wildman–Crippen LogP) is 7.02. The Morgan fingerprint density at radius 2 is 1.89 bits per heavy atom. The van der Waals surface area contributed by atoms with Gasteiger partial charge in [-0.3, -0.25) is 0 Å². The Bertz CT molecular complexity index is 1040. The van der Waals surface area contributed by atoms with Gasteiger partial charge in [-0.05, 0) is 70.5 Å². The molecule has 0 saturated heterocycles. The standard InChI is InChI=1S/C26H28N2/c1-5-12-27-25-11-8-21(13-18(25)4)26-15-22(16-28-26)19-6-10-24-20(14-19)7-9-23(24)17(2)3/h5-11,13-17,23,27-28H,1,12H2,2-4H3. The summed E-state index contributed by atoms with van der Waals surface area (Å²) in [7, 11) is 0. The Morgan fingerprint density at radius 1 is 1.07 bits per heavy atom. The van der Waals surface area contributed by atoms with Crippen molar-refractivity contribution >= 4 is 11.8 Å². The first-order valence-electron chi connectivity index (χ1n) is 10.0. The van der Waals surface area contributed by atoms with Crippen LogP contribution in [0, 0.1) is 12.8 Å². The van der Waals surface area contributed by atoms with Crippen LogP contribution < -0.4 is 5.32 Å². The van der Waals surface area contributed by atoms with Gasteiger partial charge in [0, 0.05) is 30.0 Å². The Morgan fingerprint density at radius 3 is 2.64 bits per heavy atom. The monoisotopic (exact) mass is 368 g/mol. The quantitative estimate of drug-likeness (QED) is 0.449. The Labute approximate surface area is 168 Å². The number of rotatable bonds is 6. The van der Waals surface area contributed by atoms with Crippen LogP contribution in [0.2, 0.25) is 0 Å². The van der Waals surface area contributed by atoms with Crippen LogP contribution in [-0.2, 0) is 0 Å². The molecule has 2 nitrogen and oxygen atoms in total. The minimum atomic E-state index is 0.544. The summed E-state index contributed by atoms with van der Waals surface area (Å²) >= 11 is 0. The van der Waals surface area contributed by atoms with Gasteiger partial charge < -0.3 is 10.3 Å². The molecule has 2 aromatic carbocycles. The Hall–Kier alpha value is -3.00. The topological polar surface area (TPSA) is 27.8 Å². The molecule has 0 amide bonds. The second kappa shape index (κ2) is 7.55. The van der Waals surface area contributed by atoms with E-state index in [4.69, 9.17) is 0 Å². The number of H-pyrrole nitrogens is 1. The van der Waals surface area contributed by atoms with Crippen LogP contribution in [0.5, 0.6) is 0 Å². The molecule has 0 bridgehead atoms. The summed E-state index contributed by atoms with van der Waals surface area (Å²) in [6.45, 7) is 11.3. The number of aryl methyl sites for hydroxylation is 1. The molecular formula is C26H28N2. The molecule has 28 heavy (non-hydrogen) atoms. The van der Waals surface area contributed by atoms with Gasteiger partial charge in [0.05, 0.1) is 0 Å². The van der Waals surface area contributed by atoms with E-state index in [-0.39, 0.29) is 0 Å². The number of aromatic amines is 1. The lowest BCUT2D eigenvalue weighted by molar-refractivity contribution is 0.584. The number of anilines is 1. The summed E-state index contributed by atoms with van der Waals surface area (Å²) in [4.78, 5) is 3.45. The molecule has 1 aliphatic rings. The minimum absolute atomic E-state index is 0.544. The molecule has 1 atom stereocenters. The molecule has 0 spiro atoms. The van der Waals surface area contributed by atoms with E-state index in [1.807, 2.05) is 6.08 Å². The van der Waals surface area contributed by atoms with Gasteiger partial charge in [0.15, 0.2) is 0 Å². The first-order chi connectivity index (χ1) is 13.6. The fourth-order valence-electron chi connectivity index (χ4n) is 4.03. The second-order valence-electron chi connectivity index (χ2n) is 7.97. The number of fused-ring (bicyclic) bond motifs is 1. The normalized spacial score (nSPS) is 15.1. The molecule has 1 aliphatic carbocycles. The number of hydrogen-bond acceptors (Lipinski definition) is 1. The third kappa shape index (κ3) is 3.43. The zero-order chi connectivity index (χ0) is 19.7. The molecule has 3 aromatic rings. The molecule has 4 rings (SSSR count). The summed E-state index contributed by atoms with van der Waals surface area (Å²) in [6.07, 6.45) is 8.59.